The Morgan fingerprint density at radius 1 is 1.28 bits per heavy atom. The van der Waals surface area contributed by atoms with Crippen LogP contribution in [-0.2, 0) is 26.4 Å². The highest BCUT2D eigenvalue weighted by molar-refractivity contribution is 5.55. The maximum Gasteiger partial charge on any atom is 0.193 e. The van der Waals surface area contributed by atoms with Crippen LogP contribution in [0.3, 0.4) is 0 Å². The molecule has 0 aliphatic heterocycles. The van der Waals surface area contributed by atoms with Gasteiger partial charge >= 0.3 is 0 Å². The Hall–Kier alpha value is -1.91. The average molecular weight is 243 g/mol. The lowest BCUT2D eigenvalue weighted by molar-refractivity contribution is 0.628. The minimum atomic E-state index is 0.629. The van der Waals surface area contributed by atoms with Gasteiger partial charge in [0, 0.05) is 5.69 Å². The monoisotopic (exact) mass is 243 g/mol. The fourth-order valence-electron chi connectivity index (χ4n) is 2.52. The topological polar surface area (TPSA) is 55.6 Å². The van der Waals surface area contributed by atoms with E-state index in [-0.39, 0.29) is 0 Å². The highest BCUT2D eigenvalue weighted by Crippen LogP contribution is 2.27. The van der Waals surface area contributed by atoms with Crippen LogP contribution in [0.5, 0.6) is 0 Å². The number of benzene rings is 1. The normalized spacial score (nSPS) is 14.3. The van der Waals surface area contributed by atoms with E-state index in [1.807, 2.05) is 0 Å². The van der Waals surface area contributed by atoms with E-state index >= 15 is 0 Å². The zero-order valence-electron chi connectivity index (χ0n) is 10.6. The SMILES string of the molecule is Cn1nnc(CNc2cccc3c2CCCC3)n1. The quantitative estimate of drug-likeness (QED) is 0.891. The number of rotatable bonds is 3. The summed E-state index contributed by atoms with van der Waals surface area (Å²) in [5, 5.41) is 15.4. The fraction of sp³-hybridized carbons (Fsp3) is 0.462. The van der Waals surface area contributed by atoms with Crippen LogP contribution in [0.15, 0.2) is 18.2 Å². The van der Waals surface area contributed by atoms with Crippen molar-refractivity contribution in [1.82, 2.24) is 20.2 Å². The van der Waals surface area contributed by atoms with Gasteiger partial charge in [0.15, 0.2) is 5.82 Å². The minimum Gasteiger partial charge on any atom is -0.377 e. The van der Waals surface area contributed by atoms with Gasteiger partial charge in [-0.3, -0.25) is 0 Å². The third-order valence-electron chi connectivity index (χ3n) is 3.38. The molecule has 2 aromatic rings. The Morgan fingerprint density at radius 2 is 2.17 bits per heavy atom. The lowest BCUT2D eigenvalue weighted by atomic mass is 9.90. The van der Waals surface area contributed by atoms with E-state index in [4.69, 9.17) is 0 Å². The number of nitrogens with zero attached hydrogens (tertiary/aromatic N) is 4. The second-order valence-electron chi connectivity index (χ2n) is 4.70. The second kappa shape index (κ2) is 4.76. The zero-order chi connectivity index (χ0) is 12.4. The standard InChI is InChI=1S/C13H17N5/c1-18-16-13(15-17-18)9-14-12-8-4-6-10-5-2-3-7-11(10)12/h4,6,8,14H,2-3,5,7,9H2,1H3. The molecule has 0 spiro atoms. The number of fused-ring (bicyclic) bond motifs is 1. The number of tetrazole rings is 1. The third kappa shape index (κ3) is 2.20. The van der Waals surface area contributed by atoms with Crippen molar-refractivity contribution >= 4 is 5.69 Å². The van der Waals surface area contributed by atoms with Gasteiger partial charge in [-0.25, -0.2) is 0 Å². The molecule has 1 aromatic heterocycles. The van der Waals surface area contributed by atoms with Gasteiger partial charge in [-0.05, 0) is 48.1 Å². The first-order valence-electron chi connectivity index (χ1n) is 6.40. The molecule has 1 N–H and O–H groups in total. The van der Waals surface area contributed by atoms with E-state index in [0.717, 1.165) is 5.82 Å². The van der Waals surface area contributed by atoms with Gasteiger partial charge in [-0.15, -0.1) is 10.2 Å². The predicted octanol–water partition coefficient (Wildman–Crippen LogP) is 1.70. The van der Waals surface area contributed by atoms with Crippen LogP contribution in [0.4, 0.5) is 5.69 Å². The minimum absolute atomic E-state index is 0.629. The molecule has 0 radical (unpaired) electrons. The van der Waals surface area contributed by atoms with Crippen molar-refractivity contribution in [3.63, 3.8) is 0 Å². The van der Waals surface area contributed by atoms with Crippen molar-refractivity contribution in [3.05, 3.63) is 35.2 Å². The van der Waals surface area contributed by atoms with Gasteiger partial charge in [0.05, 0.1) is 13.6 Å². The number of aromatic nitrogens is 4. The molecule has 5 heteroatoms. The molecule has 94 valence electrons. The Labute approximate surface area is 106 Å². The molecular formula is C13H17N5. The van der Waals surface area contributed by atoms with Crippen LogP contribution < -0.4 is 5.32 Å². The summed E-state index contributed by atoms with van der Waals surface area (Å²) in [4.78, 5) is 1.48. The lowest BCUT2D eigenvalue weighted by Gasteiger charge is -2.19. The lowest BCUT2D eigenvalue weighted by Crippen LogP contribution is -2.09. The van der Waals surface area contributed by atoms with Crippen molar-refractivity contribution in [2.24, 2.45) is 7.05 Å². The van der Waals surface area contributed by atoms with Crippen molar-refractivity contribution in [2.45, 2.75) is 32.2 Å². The molecule has 0 saturated heterocycles. The molecule has 1 aliphatic rings. The van der Waals surface area contributed by atoms with Gasteiger partial charge in [0.25, 0.3) is 0 Å². The number of aryl methyl sites for hydroxylation is 2. The molecule has 18 heavy (non-hydrogen) atoms. The van der Waals surface area contributed by atoms with Gasteiger partial charge in [-0.1, -0.05) is 12.1 Å². The Morgan fingerprint density at radius 3 is 3.00 bits per heavy atom. The highest BCUT2D eigenvalue weighted by Gasteiger charge is 2.12. The van der Waals surface area contributed by atoms with Gasteiger partial charge in [-0.2, -0.15) is 4.80 Å². The molecule has 0 atom stereocenters. The molecule has 3 rings (SSSR count). The number of hydrogen-bond acceptors (Lipinski definition) is 4. The molecule has 1 aromatic carbocycles. The molecule has 0 bridgehead atoms. The van der Waals surface area contributed by atoms with E-state index in [9.17, 15) is 0 Å². The van der Waals surface area contributed by atoms with Crippen molar-refractivity contribution in [2.75, 3.05) is 5.32 Å². The summed E-state index contributed by atoms with van der Waals surface area (Å²) in [6.07, 6.45) is 4.97. The molecule has 0 saturated carbocycles. The van der Waals surface area contributed by atoms with Crippen LogP contribution in [0.2, 0.25) is 0 Å². The molecule has 1 aliphatic carbocycles. The number of anilines is 1. The molecule has 0 amide bonds. The third-order valence-corrected chi connectivity index (χ3v) is 3.38. The molecular weight excluding hydrogens is 226 g/mol. The van der Waals surface area contributed by atoms with Crippen LogP contribution in [0.1, 0.15) is 29.8 Å². The van der Waals surface area contributed by atoms with Crippen LogP contribution in [-0.4, -0.2) is 20.2 Å². The summed E-state index contributed by atoms with van der Waals surface area (Å²) < 4.78 is 0. The Kier molecular flexibility index (Phi) is 2.96. The van der Waals surface area contributed by atoms with E-state index in [0.29, 0.717) is 6.54 Å². The maximum atomic E-state index is 4.17. The zero-order valence-corrected chi connectivity index (χ0v) is 10.6. The smallest absolute Gasteiger partial charge is 0.193 e. The number of nitrogens with one attached hydrogen (secondary N) is 1. The molecule has 5 nitrogen and oxygen atoms in total. The Balaban J connectivity index is 1.76. The number of hydrogen-bond donors (Lipinski definition) is 1. The predicted molar refractivity (Wildman–Crippen MR) is 69.2 cm³/mol. The first-order valence-corrected chi connectivity index (χ1v) is 6.40. The van der Waals surface area contributed by atoms with Gasteiger partial charge < -0.3 is 5.32 Å². The van der Waals surface area contributed by atoms with Crippen LogP contribution in [0, 0.1) is 0 Å². The first-order chi connectivity index (χ1) is 8.83. The average Bonchev–Trinajstić information content (AvgIpc) is 2.82. The summed E-state index contributed by atoms with van der Waals surface area (Å²) >= 11 is 0. The summed E-state index contributed by atoms with van der Waals surface area (Å²) in [6.45, 7) is 0.629. The van der Waals surface area contributed by atoms with E-state index in [2.05, 4.69) is 38.9 Å². The van der Waals surface area contributed by atoms with E-state index < -0.39 is 0 Å². The van der Waals surface area contributed by atoms with Crippen LogP contribution >= 0.6 is 0 Å². The summed E-state index contributed by atoms with van der Waals surface area (Å²) in [5.41, 5.74) is 4.17. The van der Waals surface area contributed by atoms with Gasteiger partial charge in [0.1, 0.15) is 0 Å². The van der Waals surface area contributed by atoms with Crippen molar-refractivity contribution < 1.29 is 0 Å². The van der Waals surface area contributed by atoms with Crippen molar-refractivity contribution in [1.29, 1.82) is 0 Å². The largest absolute Gasteiger partial charge is 0.377 e. The second-order valence-corrected chi connectivity index (χ2v) is 4.70. The van der Waals surface area contributed by atoms with Crippen molar-refractivity contribution in [3.8, 4) is 0 Å². The maximum absolute atomic E-state index is 4.17. The first kappa shape index (κ1) is 11.2. The fourth-order valence-corrected chi connectivity index (χ4v) is 2.52. The molecule has 0 fully saturated rings. The van der Waals surface area contributed by atoms with Gasteiger partial charge in [0.2, 0.25) is 0 Å². The summed E-state index contributed by atoms with van der Waals surface area (Å²) in [5.74, 6) is 0.728. The summed E-state index contributed by atoms with van der Waals surface area (Å²) in [6, 6.07) is 6.50. The Bertz CT molecular complexity index is 546. The molecule has 1 heterocycles. The molecule has 0 unspecified atom stereocenters. The van der Waals surface area contributed by atoms with E-state index in [1.165, 1.54) is 47.3 Å². The van der Waals surface area contributed by atoms with E-state index in [1.54, 1.807) is 7.05 Å². The van der Waals surface area contributed by atoms with Crippen LogP contribution in [0.25, 0.3) is 0 Å². The summed E-state index contributed by atoms with van der Waals surface area (Å²) in [7, 11) is 1.78. The highest BCUT2D eigenvalue weighted by atomic mass is 15.6.